The van der Waals surface area contributed by atoms with Crippen LogP contribution in [0.1, 0.15) is 24.8 Å². The summed E-state index contributed by atoms with van der Waals surface area (Å²) in [5, 5.41) is 3.33. The maximum atomic E-state index is 5.86. The number of methoxy groups -OCH3 is 1. The average molecular weight is 358 g/mol. The lowest BCUT2D eigenvalue weighted by atomic mass is 10.1. The first-order valence-corrected chi connectivity index (χ1v) is 8.31. The zero-order chi connectivity index (χ0) is 14.9. The summed E-state index contributed by atoms with van der Waals surface area (Å²) in [4.78, 5) is 0. The van der Waals surface area contributed by atoms with E-state index in [0.29, 0.717) is 6.61 Å². The van der Waals surface area contributed by atoms with Gasteiger partial charge in [-0.05, 0) is 52.9 Å². The Morgan fingerprint density at radius 3 is 3.00 bits per heavy atom. The van der Waals surface area contributed by atoms with Crippen molar-refractivity contribution in [3.8, 4) is 5.75 Å². The lowest BCUT2D eigenvalue weighted by Crippen LogP contribution is -2.25. The number of halogens is 1. The average Bonchev–Trinajstić information content (AvgIpc) is 2.52. The molecule has 1 N–H and O–H groups in total. The fourth-order valence-electron chi connectivity index (χ4n) is 2.30. The van der Waals surface area contributed by atoms with Gasteiger partial charge in [-0.2, -0.15) is 0 Å². The molecule has 1 aromatic rings. The highest BCUT2D eigenvalue weighted by Crippen LogP contribution is 2.27. The molecule has 4 nitrogen and oxygen atoms in total. The first-order valence-electron chi connectivity index (χ1n) is 7.52. The third-order valence-electron chi connectivity index (χ3n) is 3.51. The first kappa shape index (κ1) is 16.7. The van der Waals surface area contributed by atoms with E-state index in [1.807, 2.05) is 6.07 Å². The summed E-state index contributed by atoms with van der Waals surface area (Å²) in [6.07, 6.45) is 3.74. The van der Waals surface area contributed by atoms with Crippen LogP contribution in [0.5, 0.6) is 5.75 Å². The molecule has 5 heteroatoms. The van der Waals surface area contributed by atoms with Gasteiger partial charge in [-0.15, -0.1) is 0 Å². The van der Waals surface area contributed by atoms with Crippen molar-refractivity contribution in [2.75, 3.05) is 33.5 Å². The molecule has 0 bridgehead atoms. The van der Waals surface area contributed by atoms with Crippen molar-refractivity contribution in [3.63, 3.8) is 0 Å². The Hall–Kier alpha value is -0.620. The number of rotatable bonds is 8. The Balaban J connectivity index is 1.78. The molecule has 1 unspecified atom stereocenters. The van der Waals surface area contributed by atoms with Crippen LogP contribution in [0, 0.1) is 0 Å². The molecular weight excluding hydrogens is 334 g/mol. The molecule has 0 aromatic heterocycles. The van der Waals surface area contributed by atoms with E-state index in [2.05, 4.69) is 33.4 Å². The zero-order valence-electron chi connectivity index (χ0n) is 12.6. The van der Waals surface area contributed by atoms with Crippen molar-refractivity contribution in [2.45, 2.75) is 31.9 Å². The number of benzene rings is 1. The van der Waals surface area contributed by atoms with Crippen molar-refractivity contribution in [1.82, 2.24) is 5.32 Å². The second-order valence-electron chi connectivity index (χ2n) is 5.23. The van der Waals surface area contributed by atoms with Gasteiger partial charge in [-0.25, -0.2) is 0 Å². The zero-order valence-corrected chi connectivity index (χ0v) is 14.2. The summed E-state index contributed by atoms with van der Waals surface area (Å²) < 4.78 is 17.5. The van der Waals surface area contributed by atoms with Crippen LogP contribution in [0.25, 0.3) is 0 Å². The van der Waals surface area contributed by atoms with Crippen molar-refractivity contribution >= 4 is 15.9 Å². The molecule has 2 rings (SSSR count). The van der Waals surface area contributed by atoms with Gasteiger partial charge in [0, 0.05) is 26.8 Å². The van der Waals surface area contributed by atoms with Crippen LogP contribution >= 0.6 is 15.9 Å². The minimum absolute atomic E-state index is 0.237. The fraction of sp³-hybridized carbons (Fsp3) is 0.625. The van der Waals surface area contributed by atoms with Crippen molar-refractivity contribution in [3.05, 3.63) is 28.2 Å². The van der Waals surface area contributed by atoms with Gasteiger partial charge in [0.1, 0.15) is 12.4 Å². The Morgan fingerprint density at radius 1 is 1.38 bits per heavy atom. The van der Waals surface area contributed by atoms with Crippen LogP contribution in [0.4, 0.5) is 0 Å². The van der Waals surface area contributed by atoms with Crippen LogP contribution in [0.15, 0.2) is 22.7 Å². The number of hydrogen-bond acceptors (Lipinski definition) is 4. The predicted octanol–water partition coefficient (Wildman–Crippen LogP) is 3.13. The Kier molecular flexibility index (Phi) is 7.50. The molecule has 21 heavy (non-hydrogen) atoms. The maximum absolute atomic E-state index is 5.86. The number of nitrogens with one attached hydrogen (secondary N) is 1. The maximum Gasteiger partial charge on any atom is 0.133 e. The van der Waals surface area contributed by atoms with E-state index in [1.165, 1.54) is 18.4 Å². The monoisotopic (exact) mass is 357 g/mol. The summed E-state index contributed by atoms with van der Waals surface area (Å²) in [6, 6.07) is 6.19. The molecule has 1 aliphatic heterocycles. The van der Waals surface area contributed by atoms with E-state index < -0.39 is 0 Å². The summed E-state index contributed by atoms with van der Waals surface area (Å²) in [5.74, 6) is 0.879. The molecule has 1 atom stereocenters. The summed E-state index contributed by atoms with van der Waals surface area (Å²) >= 11 is 3.58. The van der Waals surface area contributed by atoms with Crippen LogP contribution in [-0.4, -0.2) is 39.6 Å². The summed E-state index contributed by atoms with van der Waals surface area (Å²) in [6.45, 7) is 3.90. The quantitative estimate of drug-likeness (QED) is 0.725. The molecule has 0 saturated carbocycles. The molecule has 1 saturated heterocycles. The van der Waals surface area contributed by atoms with Gasteiger partial charge in [0.25, 0.3) is 0 Å². The molecule has 1 aliphatic rings. The van der Waals surface area contributed by atoms with Gasteiger partial charge < -0.3 is 19.5 Å². The minimum Gasteiger partial charge on any atom is -0.490 e. The first-order chi connectivity index (χ1) is 10.3. The lowest BCUT2D eigenvalue weighted by molar-refractivity contribution is -0.0112. The predicted molar refractivity (Wildman–Crippen MR) is 86.8 cm³/mol. The SMILES string of the molecule is COCCNCc1ccc(OCC2CCCCO2)c(Br)c1. The van der Waals surface area contributed by atoms with E-state index in [1.54, 1.807) is 7.11 Å². The van der Waals surface area contributed by atoms with E-state index in [4.69, 9.17) is 14.2 Å². The Bertz CT molecular complexity index is 422. The summed E-state index contributed by atoms with van der Waals surface area (Å²) in [5.41, 5.74) is 1.22. The van der Waals surface area contributed by atoms with Gasteiger partial charge in [0.05, 0.1) is 17.2 Å². The molecule has 1 fully saturated rings. The van der Waals surface area contributed by atoms with Gasteiger partial charge in [0.15, 0.2) is 0 Å². The third-order valence-corrected chi connectivity index (χ3v) is 4.13. The van der Waals surface area contributed by atoms with E-state index in [9.17, 15) is 0 Å². The molecule has 0 spiro atoms. The van der Waals surface area contributed by atoms with Gasteiger partial charge in [-0.1, -0.05) is 6.07 Å². The smallest absolute Gasteiger partial charge is 0.133 e. The topological polar surface area (TPSA) is 39.7 Å². The summed E-state index contributed by atoms with van der Waals surface area (Å²) in [7, 11) is 1.71. The number of hydrogen-bond donors (Lipinski definition) is 1. The standard InChI is InChI=1S/C16H24BrNO3/c1-19-9-7-18-11-13-5-6-16(15(17)10-13)21-12-14-4-2-3-8-20-14/h5-6,10,14,18H,2-4,7-9,11-12H2,1H3. The van der Waals surface area contributed by atoms with Crippen LogP contribution in [0.2, 0.25) is 0 Å². The van der Waals surface area contributed by atoms with E-state index >= 15 is 0 Å². The highest BCUT2D eigenvalue weighted by Gasteiger charge is 2.15. The molecule has 0 radical (unpaired) electrons. The molecule has 118 valence electrons. The molecule has 1 aromatic carbocycles. The van der Waals surface area contributed by atoms with Crippen molar-refractivity contribution in [2.24, 2.45) is 0 Å². The van der Waals surface area contributed by atoms with Crippen LogP contribution in [-0.2, 0) is 16.0 Å². The normalized spacial score (nSPS) is 18.7. The third kappa shape index (κ3) is 5.94. The van der Waals surface area contributed by atoms with E-state index in [0.717, 1.165) is 42.9 Å². The fourth-order valence-corrected chi connectivity index (χ4v) is 2.84. The molecular formula is C16H24BrNO3. The lowest BCUT2D eigenvalue weighted by Gasteiger charge is -2.23. The van der Waals surface area contributed by atoms with Crippen molar-refractivity contribution < 1.29 is 14.2 Å². The second-order valence-corrected chi connectivity index (χ2v) is 6.09. The molecule has 0 amide bonds. The molecule has 0 aliphatic carbocycles. The Labute approximate surface area is 135 Å². The largest absolute Gasteiger partial charge is 0.490 e. The van der Waals surface area contributed by atoms with Crippen molar-refractivity contribution in [1.29, 1.82) is 0 Å². The highest BCUT2D eigenvalue weighted by atomic mass is 79.9. The van der Waals surface area contributed by atoms with Crippen LogP contribution in [0.3, 0.4) is 0 Å². The van der Waals surface area contributed by atoms with Gasteiger partial charge in [0.2, 0.25) is 0 Å². The highest BCUT2D eigenvalue weighted by molar-refractivity contribution is 9.10. The minimum atomic E-state index is 0.237. The number of ether oxygens (including phenoxy) is 3. The van der Waals surface area contributed by atoms with E-state index in [-0.39, 0.29) is 6.10 Å². The van der Waals surface area contributed by atoms with Gasteiger partial charge >= 0.3 is 0 Å². The van der Waals surface area contributed by atoms with Crippen LogP contribution < -0.4 is 10.1 Å². The van der Waals surface area contributed by atoms with Gasteiger partial charge in [-0.3, -0.25) is 0 Å². The Morgan fingerprint density at radius 2 is 2.29 bits per heavy atom. The molecule has 1 heterocycles. The second kappa shape index (κ2) is 9.41.